The Morgan fingerprint density at radius 1 is 1.60 bits per heavy atom. The molecule has 0 heterocycles. The van der Waals surface area contributed by atoms with Crippen molar-refractivity contribution in [3.8, 4) is 0 Å². The van der Waals surface area contributed by atoms with E-state index in [4.69, 9.17) is 0 Å². The van der Waals surface area contributed by atoms with Gasteiger partial charge in [0.05, 0.1) is 6.34 Å². The second-order valence-electron chi connectivity index (χ2n) is 2.24. The molecule has 0 aliphatic rings. The highest BCUT2D eigenvalue weighted by Crippen LogP contribution is 1.75. The summed E-state index contributed by atoms with van der Waals surface area (Å²) in [6.07, 6.45) is 1.73. The van der Waals surface area contributed by atoms with Gasteiger partial charge in [0.25, 0.3) is 0 Å². The molecule has 0 saturated carbocycles. The van der Waals surface area contributed by atoms with Crippen molar-refractivity contribution in [2.75, 3.05) is 33.7 Å². The second-order valence-corrected chi connectivity index (χ2v) is 2.24. The third-order valence-electron chi connectivity index (χ3n) is 1.40. The summed E-state index contributed by atoms with van der Waals surface area (Å²) in [6.45, 7) is 5.29. The van der Waals surface area contributed by atoms with E-state index in [1.54, 1.807) is 13.4 Å². The fraction of sp³-hybridized carbons (Fsp3) is 0.857. The lowest BCUT2D eigenvalue weighted by Gasteiger charge is -2.12. The maximum absolute atomic E-state index is 3.80. The summed E-state index contributed by atoms with van der Waals surface area (Å²) in [5, 5.41) is 3.07. The topological polar surface area (TPSA) is 27.6 Å². The van der Waals surface area contributed by atoms with E-state index in [-0.39, 0.29) is 0 Å². The minimum Gasteiger partial charge on any atom is -0.375 e. The summed E-state index contributed by atoms with van der Waals surface area (Å²) in [7, 11) is 3.86. The number of nitrogens with one attached hydrogen (secondary N) is 1. The summed E-state index contributed by atoms with van der Waals surface area (Å²) in [5.41, 5.74) is 0. The number of aliphatic imine (C=N–C) groups is 1. The molecule has 0 unspecified atom stereocenters. The Morgan fingerprint density at radius 2 is 2.30 bits per heavy atom. The molecule has 0 spiro atoms. The Bertz CT molecular complexity index is 90.9. The first-order chi connectivity index (χ1) is 4.81. The minimum absolute atomic E-state index is 0.974. The molecule has 0 bridgehead atoms. The molecular formula is C7H17N3. The molecule has 0 fully saturated rings. The monoisotopic (exact) mass is 143 g/mol. The fourth-order valence-corrected chi connectivity index (χ4v) is 0.569. The molecule has 60 valence electrons. The largest absolute Gasteiger partial charge is 0.375 e. The van der Waals surface area contributed by atoms with E-state index >= 15 is 0 Å². The molecule has 0 atom stereocenters. The second kappa shape index (κ2) is 6.55. The van der Waals surface area contributed by atoms with Gasteiger partial charge in [-0.2, -0.15) is 0 Å². The van der Waals surface area contributed by atoms with E-state index in [9.17, 15) is 0 Å². The van der Waals surface area contributed by atoms with Crippen LogP contribution in [0.2, 0.25) is 0 Å². The lowest BCUT2D eigenvalue weighted by Crippen LogP contribution is -2.28. The number of likely N-dealkylation sites (N-methyl/N-ethyl adjacent to an activating group) is 1. The molecule has 3 heteroatoms. The predicted molar refractivity (Wildman–Crippen MR) is 45.6 cm³/mol. The SMILES string of the molecule is CCN(C)CCNC=NC. The molecule has 0 aromatic rings. The van der Waals surface area contributed by atoms with Crippen molar-refractivity contribution in [2.24, 2.45) is 4.99 Å². The summed E-state index contributed by atoms with van der Waals surface area (Å²) >= 11 is 0. The molecule has 0 aromatic heterocycles. The lowest BCUT2D eigenvalue weighted by atomic mass is 10.5. The van der Waals surface area contributed by atoms with Gasteiger partial charge in [0.2, 0.25) is 0 Å². The molecule has 0 aliphatic heterocycles. The van der Waals surface area contributed by atoms with E-state index in [0.717, 1.165) is 19.6 Å². The van der Waals surface area contributed by atoms with Crippen molar-refractivity contribution < 1.29 is 0 Å². The first kappa shape index (κ1) is 9.43. The molecule has 0 aliphatic carbocycles. The molecule has 0 aromatic carbocycles. The highest BCUT2D eigenvalue weighted by atomic mass is 15.1. The van der Waals surface area contributed by atoms with Crippen LogP contribution in [0.15, 0.2) is 4.99 Å². The van der Waals surface area contributed by atoms with Crippen LogP contribution in [0.3, 0.4) is 0 Å². The van der Waals surface area contributed by atoms with Crippen LogP contribution >= 0.6 is 0 Å². The van der Waals surface area contributed by atoms with E-state index < -0.39 is 0 Å². The van der Waals surface area contributed by atoms with Gasteiger partial charge in [0, 0.05) is 20.1 Å². The van der Waals surface area contributed by atoms with Crippen molar-refractivity contribution in [1.82, 2.24) is 10.2 Å². The predicted octanol–water partition coefficient (Wildman–Crippen LogP) is 0.186. The van der Waals surface area contributed by atoms with Crippen LogP contribution in [0.5, 0.6) is 0 Å². The molecule has 0 rings (SSSR count). The molecule has 3 nitrogen and oxygen atoms in total. The zero-order valence-corrected chi connectivity index (χ0v) is 7.09. The number of hydrogen-bond acceptors (Lipinski definition) is 2. The molecule has 0 saturated heterocycles. The standard InChI is InChI=1S/C7H17N3/c1-4-10(3)6-5-9-7-8-2/h7H,4-6H2,1-3H3,(H,8,9). The van der Waals surface area contributed by atoms with Crippen LogP contribution in [0.1, 0.15) is 6.92 Å². The number of rotatable bonds is 5. The van der Waals surface area contributed by atoms with Crippen molar-refractivity contribution in [1.29, 1.82) is 0 Å². The summed E-state index contributed by atoms with van der Waals surface area (Å²) in [6, 6.07) is 0. The van der Waals surface area contributed by atoms with Crippen molar-refractivity contribution in [3.05, 3.63) is 0 Å². The summed E-state index contributed by atoms with van der Waals surface area (Å²) in [5.74, 6) is 0. The smallest absolute Gasteiger partial charge is 0.0820 e. The maximum Gasteiger partial charge on any atom is 0.0820 e. The van der Waals surface area contributed by atoms with E-state index in [1.165, 1.54) is 0 Å². The van der Waals surface area contributed by atoms with E-state index in [0.29, 0.717) is 0 Å². The Balaban J connectivity index is 3.03. The summed E-state index contributed by atoms with van der Waals surface area (Å²) < 4.78 is 0. The number of nitrogens with zero attached hydrogens (tertiary/aromatic N) is 2. The molecule has 1 N–H and O–H groups in total. The van der Waals surface area contributed by atoms with Crippen molar-refractivity contribution >= 4 is 6.34 Å². The van der Waals surface area contributed by atoms with E-state index in [2.05, 4.69) is 29.2 Å². The van der Waals surface area contributed by atoms with Crippen LogP contribution in [-0.2, 0) is 0 Å². The highest BCUT2D eigenvalue weighted by molar-refractivity contribution is 5.53. The molecule has 0 amide bonds. The molecule has 10 heavy (non-hydrogen) atoms. The summed E-state index contributed by atoms with van der Waals surface area (Å²) in [4.78, 5) is 6.05. The third kappa shape index (κ3) is 5.56. The fourth-order valence-electron chi connectivity index (χ4n) is 0.569. The van der Waals surface area contributed by atoms with Crippen LogP contribution in [0.25, 0.3) is 0 Å². The van der Waals surface area contributed by atoms with Crippen LogP contribution < -0.4 is 5.32 Å². The Morgan fingerprint density at radius 3 is 2.80 bits per heavy atom. The van der Waals surface area contributed by atoms with Crippen molar-refractivity contribution in [2.45, 2.75) is 6.92 Å². The average Bonchev–Trinajstić information content (AvgIpc) is 1.98. The van der Waals surface area contributed by atoms with Gasteiger partial charge in [-0.15, -0.1) is 0 Å². The Hall–Kier alpha value is -0.570. The zero-order valence-electron chi connectivity index (χ0n) is 7.09. The van der Waals surface area contributed by atoms with Crippen LogP contribution in [0.4, 0.5) is 0 Å². The Labute approximate surface area is 63.1 Å². The number of hydrogen-bond donors (Lipinski definition) is 1. The lowest BCUT2D eigenvalue weighted by molar-refractivity contribution is 0.358. The minimum atomic E-state index is 0.974. The first-order valence-electron chi connectivity index (χ1n) is 3.63. The van der Waals surface area contributed by atoms with Gasteiger partial charge in [0.1, 0.15) is 0 Å². The zero-order chi connectivity index (χ0) is 7.82. The van der Waals surface area contributed by atoms with Gasteiger partial charge in [0.15, 0.2) is 0 Å². The molecule has 0 radical (unpaired) electrons. The van der Waals surface area contributed by atoms with Crippen LogP contribution in [-0.4, -0.2) is 45.0 Å². The van der Waals surface area contributed by atoms with Crippen molar-refractivity contribution in [3.63, 3.8) is 0 Å². The van der Waals surface area contributed by atoms with Gasteiger partial charge in [-0.25, -0.2) is 0 Å². The van der Waals surface area contributed by atoms with Gasteiger partial charge < -0.3 is 10.2 Å². The maximum atomic E-state index is 3.80. The quantitative estimate of drug-likeness (QED) is 0.338. The molecular weight excluding hydrogens is 126 g/mol. The first-order valence-corrected chi connectivity index (χ1v) is 3.63. The van der Waals surface area contributed by atoms with Gasteiger partial charge in [-0.05, 0) is 13.6 Å². The van der Waals surface area contributed by atoms with Crippen LogP contribution in [0, 0.1) is 0 Å². The van der Waals surface area contributed by atoms with Gasteiger partial charge in [-0.1, -0.05) is 6.92 Å². The average molecular weight is 143 g/mol. The van der Waals surface area contributed by atoms with Gasteiger partial charge >= 0.3 is 0 Å². The third-order valence-corrected chi connectivity index (χ3v) is 1.40. The van der Waals surface area contributed by atoms with E-state index in [1.807, 2.05) is 0 Å². The Kier molecular flexibility index (Phi) is 6.18. The van der Waals surface area contributed by atoms with Gasteiger partial charge in [-0.3, -0.25) is 4.99 Å². The normalized spacial score (nSPS) is 11.2. The highest BCUT2D eigenvalue weighted by Gasteiger charge is 1.89.